The van der Waals surface area contributed by atoms with Gasteiger partial charge in [0.2, 0.25) is 0 Å². The van der Waals surface area contributed by atoms with Gasteiger partial charge in [-0.3, -0.25) is 0 Å². The molecular formula is C15H26N2. The molecule has 1 aromatic rings. The van der Waals surface area contributed by atoms with Crippen LogP contribution < -0.4 is 5.32 Å². The molecule has 0 bridgehead atoms. The third kappa shape index (κ3) is 2.74. The van der Waals surface area contributed by atoms with Crippen LogP contribution in [0.15, 0.2) is 6.07 Å². The molecule has 0 spiro atoms. The molecule has 0 aromatic carbocycles. The van der Waals surface area contributed by atoms with Crippen molar-refractivity contribution in [3.8, 4) is 0 Å². The van der Waals surface area contributed by atoms with Gasteiger partial charge < -0.3 is 9.88 Å². The van der Waals surface area contributed by atoms with Crippen LogP contribution in [0, 0.1) is 19.8 Å². The summed E-state index contributed by atoms with van der Waals surface area (Å²) in [5.41, 5.74) is 4.30. The van der Waals surface area contributed by atoms with Gasteiger partial charge in [0.15, 0.2) is 0 Å². The highest BCUT2D eigenvalue weighted by Gasteiger charge is 2.35. The fourth-order valence-corrected chi connectivity index (χ4v) is 2.97. The Labute approximate surface area is 105 Å². The van der Waals surface area contributed by atoms with Crippen LogP contribution in [0.5, 0.6) is 0 Å². The van der Waals surface area contributed by atoms with Crippen molar-refractivity contribution in [2.24, 2.45) is 5.92 Å². The molecule has 2 nitrogen and oxygen atoms in total. The van der Waals surface area contributed by atoms with E-state index in [0.29, 0.717) is 0 Å². The fraction of sp³-hybridized carbons (Fsp3) is 0.733. The first-order valence-electron chi connectivity index (χ1n) is 7.06. The van der Waals surface area contributed by atoms with Gasteiger partial charge in [-0.05, 0) is 51.2 Å². The number of nitrogens with one attached hydrogen (secondary N) is 1. The SMILES string of the molecule is CCCC1CC1NCc1cc(C)n(CC)c1C. The molecule has 2 atom stereocenters. The van der Waals surface area contributed by atoms with E-state index < -0.39 is 0 Å². The smallest absolute Gasteiger partial charge is 0.0226 e. The lowest BCUT2D eigenvalue weighted by molar-refractivity contribution is 0.596. The standard InChI is InChI=1S/C15H26N2/c1-5-7-13-9-15(13)16-10-14-8-11(3)17(6-2)12(14)4/h8,13,15-16H,5-7,9-10H2,1-4H3. The van der Waals surface area contributed by atoms with Crippen LogP contribution in [0.2, 0.25) is 0 Å². The number of nitrogens with zero attached hydrogens (tertiary/aromatic N) is 1. The molecule has 2 rings (SSSR count). The van der Waals surface area contributed by atoms with Crippen LogP contribution in [0.1, 0.15) is 50.1 Å². The maximum Gasteiger partial charge on any atom is 0.0226 e. The van der Waals surface area contributed by atoms with Gasteiger partial charge in [0.25, 0.3) is 0 Å². The molecule has 0 aliphatic heterocycles. The Morgan fingerprint density at radius 2 is 2.12 bits per heavy atom. The monoisotopic (exact) mass is 234 g/mol. The molecule has 2 unspecified atom stereocenters. The lowest BCUT2D eigenvalue weighted by Crippen LogP contribution is -2.18. The third-order valence-corrected chi connectivity index (χ3v) is 4.13. The summed E-state index contributed by atoms with van der Waals surface area (Å²) >= 11 is 0. The molecule has 1 aliphatic rings. The van der Waals surface area contributed by atoms with E-state index in [-0.39, 0.29) is 0 Å². The number of aromatic nitrogens is 1. The van der Waals surface area contributed by atoms with E-state index in [4.69, 9.17) is 0 Å². The molecule has 0 saturated heterocycles. The van der Waals surface area contributed by atoms with Crippen molar-refractivity contribution in [2.75, 3.05) is 0 Å². The van der Waals surface area contributed by atoms with Crippen LogP contribution in [-0.2, 0) is 13.1 Å². The van der Waals surface area contributed by atoms with Crippen molar-refractivity contribution in [3.05, 3.63) is 23.0 Å². The second-order valence-corrected chi connectivity index (χ2v) is 5.41. The maximum atomic E-state index is 3.70. The zero-order valence-electron chi connectivity index (χ0n) is 11.7. The normalized spacial score (nSPS) is 23.1. The van der Waals surface area contributed by atoms with Crippen molar-refractivity contribution in [3.63, 3.8) is 0 Å². The molecule has 96 valence electrons. The summed E-state index contributed by atoms with van der Waals surface area (Å²) in [7, 11) is 0. The second kappa shape index (κ2) is 5.26. The van der Waals surface area contributed by atoms with Gasteiger partial charge in [0.05, 0.1) is 0 Å². The quantitative estimate of drug-likeness (QED) is 0.798. The Morgan fingerprint density at radius 1 is 1.35 bits per heavy atom. The first-order valence-corrected chi connectivity index (χ1v) is 7.06. The van der Waals surface area contributed by atoms with E-state index in [1.165, 1.54) is 36.2 Å². The van der Waals surface area contributed by atoms with Crippen molar-refractivity contribution < 1.29 is 0 Å². The summed E-state index contributed by atoms with van der Waals surface area (Å²) < 4.78 is 2.40. The van der Waals surface area contributed by atoms with Crippen molar-refractivity contribution in [1.82, 2.24) is 9.88 Å². The Kier molecular flexibility index (Phi) is 3.93. The molecule has 17 heavy (non-hydrogen) atoms. The highest BCUT2D eigenvalue weighted by atomic mass is 15.0. The Balaban J connectivity index is 1.88. The van der Waals surface area contributed by atoms with Gasteiger partial charge in [-0.1, -0.05) is 13.3 Å². The molecule has 1 saturated carbocycles. The van der Waals surface area contributed by atoms with Gasteiger partial charge >= 0.3 is 0 Å². The maximum absolute atomic E-state index is 3.70. The average molecular weight is 234 g/mol. The van der Waals surface area contributed by atoms with Crippen LogP contribution >= 0.6 is 0 Å². The number of hydrogen-bond donors (Lipinski definition) is 1. The van der Waals surface area contributed by atoms with Gasteiger partial charge in [-0.15, -0.1) is 0 Å². The zero-order chi connectivity index (χ0) is 12.4. The van der Waals surface area contributed by atoms with E-state index in [1.54, 1.807) is 0 Å². The predicted molar refractivity (Wildman–Crippen MR) is 73.2 cm³/mol. The topological polar surface area (TPSA) is 17.0 Å². The van der Waals surface area contributed by atoms with Gasteiger partial charge in [-0.25, -0.2) is 0 Å². The molecule has 1 heterocycles. The number of aryl methyl sites for hydroxylation is 1. The van der Waals surface area contributed by atoms with E-state index >= 15 is 0 Å². The van der Waals surface area contributed by atoms with Crippen molar-refractivity contribution in [2.45, 2.75) is 66.1 Å². The van der Waals surface area contributed by atoms with Gasteiger partial charge in [0.1, 0.15) is 0 Å². The van der Waals surface area contributed by atoms with Gasteiger partial charge in [-0.2, -0.15) is 0 Å². The van der Waals surface area contributed by atoms with Crippen LogP contribution in [0.25, 0.3) is 0 Å². The third-order valence-electron chi connectivity index (χ3n) is 4.13. The summed E-state index contributed by atoms with van der Waals surface area (Å²) in [6.07, 6.45) is 4.11. The Hall–Kier alpha value is -0.760. The molecule has 1 aromatic heterocycles. The first-order chi connectivity index (χ1) is 8.17. The summed E-state index contributed by atoms with van der Waals surface area (Å²) in [6, 6.07) is 3.13. The van der Waals surface area contributed by atoms with E-state index in [2.05, 4.69) is 43.6 Å². The Morgan fingerprint density at radius 3 is 2.71 bits per heavy atom. The molecule has 0 radical (unpaired) electrons. The van der Waals surface area contributed by atoms with Crippen LogP contribution in [0.4, 0.5) is 0 Å². The molecular weight excluding hydrogens is 208 g/mol. The second-order valence-electron chi connectivity index (χ2n) is 5.41. The predicted octanol–water partition coefficient (Wildman–Crippen LogP) is 3.40. The molecule has 0 amide bonds. The van der Waals surface area contributed by atoms with E-state index in [1.807, 2.05) is 0 Å². The highest BCUT2D eigenvalue weighted by Crippen LogP contribution is 2.34. The molecule has 1 N–H and O–H groups in total. The number of hydrogen-bond acceptors (Lipinski definition) is 1. The number of rotatable bonds is 6. The van der Waals surface area contributed by atoms with Crippen molar-refractivity contribution in [1.29, 1.82) is 0 Å². The fourth-order valence-electron chi connectivity index (χ4n) is 2.97. The lowest BCUT2D eigenvalue weighted by Gasteiger charge is -2.07. The van der Waals surface area contributed by atoms with Crippen LogP contribution in [-0.4, -0.2) is 10.6 Å². The Bertz CT molecular complexity index is 379. The minimum Gasteiger partial charge on any atom is -0.349 e. The zero-order valence-corrected chi connectivity index (χ0v) is 11.7. The molecule has 1 fully saturated rings. The minimum absolute atomic E-state index is 0.791. The first kappa shape index (κ1) is 12.7. The van der Waals surface area contributed by atoms with Crippen molar-refractivity contribution >= 4 is 0 Å². The average Bonchev–Trinajstić information content (AvgIpc) is 2.97. The lowest BCUT2D eigenvalue weighted by atomic mass is 10.2. The summed E-state index contributed by atoms with van der Waals surface area (Å²) in [5, 5.41) is 3.70. The van der Waals surface area contributed by atoms with E-state index in [0.717, 1.165) is 25.0 Å². The van der Waals surface area contributed by atoms with Gasteiger partial charge in [0, 0.05) is 30.5 Å². The summed E-state index contributed by atoms with van der Waals surface area (Å²) in [4.78, 5) is 0. The largest absolute Gasteiger partial charge is 0.349 e. The molecule has 1 aliphatic carbocycles. The van der Waals surface area contributed by atoms with E-state index in [9.17, 15) is 0 Å². The summed E-state index contributed by atoms with van der Waals surface area (Å²) in [5.74, 6) is 0.953. The summed E-state index contributed by atoms with van der Waals surface area (Å²) in [6.45, 7) is 11.1. The van der Waals surface area contributed by atoms with Crippen LogP contribution in [0.3, 0.4) is 0 Å². The molecule has 2 heteroatoms. The highest BCUT2D eigenvalue weighted by molar-refractivity contribution is 5.26. The minimum atomic E-state index is 0.791.